The van der Waals surface area contributed by atoms with Crippen LogP contribution >= 0.6 is 0 Å². The van der Waals surface area contributed by atoms with Crippen LogP contribution in [0.1, 0.15) is 18.4 Å². The molecule has 180 valence electrons. The third-order valence-electron chi connectivity index (χ3n) is 6.55. The van der Waals surface area contributed by atoms with Gasteiger partial charge in [0.25, 0.3) is 0 Å². The lowest BCUT2D eigenvalue weighted by Crippen LogP contribution is -2.40. The van der Waals surface area contributed by atoms with Crippen LogP contribution in [0.4, 0.5) is 5.82 Å². The maximum absolute atomic E-state index is 12.8. The van der Waals surface area contributed by atoms with Crippen LogP contribution in [0.15, 0.2) is 67.0 Å². The number of amides is 1. The van der Waals surface area contributed by atoms with Crippen molar-refractivity contribution in [3.8, 4) is 22.8 Å². The van der Waals surface area contributed by atoms with E-state index in [0.29, 0.717) is 6.54 Å². The minimum Gasteiger partial charge on any atom is -0.497 e. The first kappa shape index (κ1) is 22.7. The number of hydrogen-bond donors (Lipinski definition) is 1. The number of benzene rings is 2. The largest absolute Gasteiger partial charge is 0.497 e. The predicted octanol–water partition coefficient (Wildman–Crippen LogP) is 3.95. The van der Waals surface area contributed by atoms with Gasteiger partial charge >= 0.3 is 0 Å². The molecule has 1 aliphatic heterocycles. The molecule has 0 atom stereocenters. The van der Waals surface area contributed by atoms with E-state index in [1.165, 1.54) is 0 Å². The van der Waals surface area contributed by atoms with Gasteiger partial charge in [-0.3, -0.25) is 4.79 Å². The number of para-hydroxylation sites is 1. The van der Waals surface area contributed by atoms with Crippen LogP contribution in [-0.2, 0) is 11.3 Å². The van der Waals surface area contributed by atoms with Gasteiger partial charge in [0.15, 0.2) is 5.82 Å². The Kier molecular flexibility index (Phi) is 6.52. The summed E-state index contributed by atoms with van der Waals surface area (Å²) in [5, 5.41) is 7.83. The molecule has 0 saturated carbocycles. The summed E-state index contributed by atoms with van der Waals surface area (Å²) in [6.07, 6.45) is 5.19. The van der Waals surface area contributed by atoms with Crippen molar-refractivity contribution < 1.29 is 14.3 Å². The topological polar surface area (TPSA) is 81.0 Å². The van der Waals surface area contributed by atoms with Crippen LogP contribution in [0.25, 0.3) is 16.8 Å². The van der Waals surface area contributed by atoms with Gasteiger partial charge in [0, 0.05) is 49.1 Å². The molecule has 1 aliphatic rings. The van der Waals surface area contributed by atoms with Crippen LogP contribution in [0, 0.1) is 5.92 Å². The molecule has 4 aromatic rings. The molecule has 0 spiro atoms. The molecule has 8 heteroatoms. The second-order valence-electron chi connectivity index (χ2n) is 8.63. The van der Waals surface area contributed by atoms with Crippen LogP contribution in [0.3, 0.4) is 0 Å². The van der Waals surface area contributed by atoms with Crippen LogP contribution in [0.5, 0.6) is 11.5 Å². The zero-order valence-corrected chi connectivity index (χ0v) is 20.0. The summed E-state index contributed by atoms with van der Waals surface area (Å²) in [4.78, 5) is 19.7. The molecule has 35 heavy (non-hydrogen) atoms. The predicted molar refractivity (Wildman–Crippen MR) is 135 cm³/mol. The van der Waals surface area contributed by atoms with Crippen molar-refractivity contribution in [2.75, 3.05) is 32.2 Å². The Labute approximate surface area is 204 Å². The number of nitrogens with one attached hydrogen (secondary N) is 1. The number of aromatic nitrogens is 3. The molecule has 0 radical (unpaired) electrons. The van der Waals surface area contributed by atoms with E-state index in [0.717, 1.165) is 65.6 Å². The fourth-order valence-corrected chi connectivity index (χ4v) is 4.60. The van der Waals surface area contributed by atoms with Gasteiger partial charge in [0.1, 0.15) is 17.0 Å². The smallest absolute Gasteiger partial charge is 0.223 e. The van der Waals surface area contributed by atoms with Gasteiger partial charge in [-0.05, 0) is 37.1 Å². The highest BCUT2D eigenvalue weighted by molar-refractivity contribution is 5.80. The number of piperidine rings is 1. The average Bonchev–Trinajstić information content (AvgIpc) is 3.37. The first-order valence-electron chi connectivity index (χ1n) is 11.8. The summed E-state index contributed by atoms with van der Waals surface area (Å²) in [6, 6.07) is 17.7. The van der Waals surface area contributed by atoms with E-state index in [1.807, 2.05) is 59.2 Å². The molecule has 2 aromatic carbocycles. The van der Waals surface area contributed by atoms with E-state index >= 15 is 0 Å². The Morgan fingerprint density at radius 3 is 2.69 bits per heavy atom. The van der Waals surface area contributed by atoms with Crippen molar-refractivity contribution >= 4 is 17.2 Å². The normalized spacial score (nSPS) is 14.2. The molecule has 1 fully saturated rings. The van der Waals surface area contributed by atoms with Crippen molar-refractivity contribution in [2.45, 2.75) is 19.4 Å². The average molecular weight is 472 g/mol. The monoisotopic (exact) mass is 471 g/mol. The molecular formula is C27H29N5O3. The number of rotatable bonds is 7. The van der Waals surface area contributed by atoms with Crippen LogP contribution < -0.4 is 19.7 Å². The van der Waals surface area contributed by atoms with Gasteiger partial charge in [0.2, 0.25) is 5.91 Å². The molecule has 1 saturated heterocycles. The van der Waals surface area contributed by atoms with E-state index < -0.39 is 0 Å². The summed E-state index contributed by atoms with van der Waals surface area (Å²) in [5.74, 6) is 2.55. The number of fused-ring (bicyclic) bond motifs is 1. The molecule has 1 N–H and O–H groups in total. The summed E-state index contributed by atoms with van der Waals surface area (Å²) in [5.41, 5.74) is 3.78. The number of carbonyl (C=O) groups is 1. The van der Waals surface area contributed by atoms with Crippen LogP contribution in [0.2, 0.25) is 0 Å². The maximum atomic E-state index is 12.8. The number of ether oxygens (including phenoxy) is 2. The number of methoxy groups -OCH3 is 2. The molecule has 8 nitrogen and oxygen atoms in total. The first-order chi connectivity index (χ1) is 17.2. The van der Waals surface area contributed by atoms with Crippen molar-refractivity contribution in [3.63, 3.8) is 0 Å². The first-order valence-corrected chi connectivity index (χ1v) is 11.8. The third-order valence-corrected chi connectivity index (χ3v) is 6.55. The summed E-state index contributed by atoms with van der Waals surface area (Å²) < 4.78 is 12.6. The molecule has 3 heterocycles. The zero-order chi connectivity index (χ0) is 24.2. The number of carbonyl (C=O) groups excluding carboxylic acids is 1. The molecule has 5 rings (SSSR count). The SMILES string of the molecule is COc1cccc(-c2cc3c(N4CCC(C(=O)NCc5ccccc5OC)CC4)nccn3n2)c1. The van der Waals surface area contributed by atoms with E-state index in [4.69, 9.17) is 14.6 Å². The van der Waals surface area contributed by atoms with Crippen molar-refractivity contribution in [2.24, 2.45) is 5.92 Å². The minimum atomic E-state index is -0.0158. The van der Waals surface area contributed by atoms with Gasteiger partial charge in [-0.1, -0.05) is 30.3 Å². The number of nitrogens with zero attached hydrogens (tertiary/aromatic N) is 4. The van der Waals surface area contributed by atoms with Crippen LogP contribution in [-0.4, -0.2) is 47.8 Å². The lowest BCUT2D eigenvalue weighted by molar-refractivity contribution is -0.125. The molecule has 2 aromatic heterocycles. The van der Waals surface area contributed by atoms with Gasteiger partial charge in [0.05, 0.1) is 19.9 Å². The van der Waals surface area contributed by atoms with Crippen molar-refractivity contribution in [1.82, 2.24) is 19.9 Å². The highest BCUT2D eigenvalue weighted by Crippen LogP contribution is 2.29. The van der Waals surface area contributed by atoms with Crippen molar-refractivity contribution in [3.05, 3.63) is 72.6 Å². The fraction of sp³-hybridized carbons (Fsp3) is 0.296. The molecule has 0 aliphatic carbocycles. The molecule has 0 bridgehead atoms. The Hall–Kier alpha value is -4.07. The van der Waals surface area contributed by atoms with E-state index in [1.54, 1.807) is 20.4 Å². The summed E-state index contributed by atoms with van der Waals surface area (Å²) in [7, 11) is 3.30. The second kappa shape index (κ2) is 10.0. The Bertz CT molecular complexity index is 1330. The molecule has 1 amide bonds. The van der Waals surface area contributed by atoms with Gasteiger partial charge < -0.3 is 19.7 Å². The van der Waals surface area contributed by atoms with E-state index in [2.05, 4.69) is 21.3 Å². The highest BCUT2D eigenvalue weighted by Gasteiger charge is 2.27. The lowest BCUT2D eigenvalue weighted by atomic mass is 9.95. The Morgan fingerprint density at radius 2 is 1.89 bits per heavy atom. The van der Waals surface area contributed by atoms with E-state index in [9.17, 15) is 4.79 Å². The Morgan fingerprint density at radius 1 is 1.06 bits per heavy atom. The quantitative estimate of drug-likeness (QED) is 0.440. The third kappa shape index (κ3) is 4.77. The van der Waals surface area contributed by atoms with Crippen molar-refractivity contribution in [1.29, 1.82) is 0 Å². The van der Waals surface area contributed by atoms with Gasteiger partial charge in [-0.15, -0.1) is 0 Å². The molecule has 0 unspecified atom stereocenters. The molecular weight excluding hydrogens is 442 g/mol. The zero-order valence-electron chi connectivity index (χ0n) is 20.0. The highest BCUT2D eigenvalue weighted by atomic mass is 16.5. The Balaban J connectivity index is 1.26. The minimum absolute atomic E-state index is 0.0158. The van der Waals surface area contributed by atoms with Gasteiger partial charge in [-0.25, -0.2) is 9.50 Å². The number of anilines is 1. The summed E-state index contributed by atoms with van der Waals surface area (Å²) in [6.45, 7) is 1.99. The van der Waals surface area contributed by atoms with Gasteiger partial charge in [-0.2, -0.15) is 5.10 Å². The second-order valence-corrected chi connectivity index (χ2v) is 8.63. The lowest BCUT2D eigenvalue weighted by Gasteiger charge is -2.32. The fourth-order valence-electron chi connectivity index (χ4n) is 4.60. The maximum Gasteiger partial charge on any atom is 0.223 e. The summed E-state index contributed by atoms with van der Waals surface area (Å²) >= 11 is 0. The van der Waals surface area contributed by atoms with E-state index in [-0.39, 0.29) is 11.8 Å². The number of hydrogen-bond acceptors (Lipinski definition) is 6. The standard InChI is InChI=1S/C27H29N5O3/c1-34-22-8-5-7-20(16-22)23-17-24-26(28-12-15-32(24)30-23)31-13-10-19(11-14-31)27(33)29-18-21-6-3-4-9-25(21)35-2/h3-9,12,15-17,19H,10-11,13-14,18H2,1-2H3,(H,29,33).